The summed E-state index contributed by atoms with van der Waals surface area (Å²) in [7, 11) is 1.73. The predicted molar refractivity (Wildman–Crippen MR) is 75.7 cm³/mol. The SMILES string of the molecule is CN(CCCOc1ccccc1)C(=O)CCCC(=O)O. The fourth-order valence-corrected chi connectivity index (χ4v) is 1.71. The molecule has 0 unspecified atom stereocenters. The fourth-order valence-electron chi connectivity index (χ4n) is 1.71. The lowest BCUT2D eigenvalue weighted by molar-refractivity contribution is -0.137. The first-order valence-corrected chi connectivity index (χ1v) is 6.73. The molecule has 1 aromatic carbocycles. The van der Waals surface area contributed by atoms with Crippen LogP contribution in [-0.2, 0) is 9.59 Å². The fraction of sp³-hybridized carbons (Fsp3) is 0.467. The Bertz CT molecular complexity index is 419. The molecule has 1 amide bonds. The number of carbonyl (C=O) groups excluding carboxylic acids is 1. The minimum Gasteiger partial charge on any atom is -0.494 e. The normalized spacial score (nSPS) is 10.1. The molecule has 1 aromatic rings. The Balaban J connectivity index is 2.11. The molecule has 5 heteroatoms. The Morgan fingerprint density at radius 2 is 1.85 bits per heavy atom. The predicted octanol–water partition coefficient (Wildman–Crippen LogP) is 2.17. The van der Waals surface area contributed by atoms with Gasteiger partial charge in [0.2, 0.25) is 5.91 Å². The molecule has 0 atom stereocenters. The van der Waals surface area contributed by atoms with E-state index in [-0.39, 0.29) is 18.7 Å². The molecule has 20 heavy (non-hydrogen) atoms. The first kappa shape index (κ1) is 16.0. The Kier molecular flexibility index (Phi) is 7.17. The molecular formula is C15H21NO4. The van der Waals surface area contributed by atoms with E-state index < -0.39 is 5.97 Å². The van der Waals surface area contributed by atoms with E-state index in [9.17, 15) is 9.59 Å². The Morgan fingerprint density at radius 3 is 2.50 bits per heavy atom. The number of aliphatic carboxylic acids is 1. The van der Waals surface area contributed by atoms with E-state index >= 15 is 0 Å². The summed E-state index contributed by atoms with van der Waals surface area (Å²) >= 11 is 0. The van der Waals surface area contributed by atoms with Crippen LogP contribution in [0.15, 0.2) is 30.3 Å². The minimum atomic E-state index is -0.864. The van der Waals surface area contributed by atoms with Gasteiger partial charge in [-0.3, -0.25) is 9.59 Å². The highest BCUT2D eigenvalue weighted by molar-refractivity contribution is 5.76. The summed E-state index contributed by atoms with van der Waals surface area (Å²) in [6.45, 7) is 1.16. The molecule has 0 aromatic heterocycles. The number of carboxylic acid groups (broad SMARTS) is 1. The summed E-state index contributed by atoms with van der Waals surface area (Å²) in [5.74, 6) is -0.0642. The van der Waals surface area contributed by atoms with E-state index in [4.69, 9.17) is 9.84 Å². The zero-order valence-electron chi connectivity index (χ0n) is 11.7. The first-order valence-electron chi connectivity index (χ1n) is 6.73. The van der Waals surface area contributed by atoms with Gasteiger partial charge >= 0.3 is 5.97 Å². The number of carboxylic acids is 1. The second-order valence-corrected chi connectivity index (χ2v) is 4.58. The smallest absolute Gasteiger partial charge is 0.303 e. The van der Waals surface area contributed by atoms with Crippen molar-refractivity contribution in [3.8, 4) is 5.75 Å². The van der Waals surface area contributed by atoms with Crippen molar-refractivity contribution in [1.29, 1.82) is 0 Å². The highest BCUT2D eigenvalue weighted by atomic mass is 16.5. The van der Waals surface area contributed by atoms with Gasteiger partial charge in [0.1, 0.15) is 5.75 Å². The topological polar surface area (TPSA) is 66.8 Å². The van der Waals surface area contributed by atoms with Gasteiger partial charge in [0.25, 0.3) is 0 Å². The molecule has 0 heterocycles. The molecule has 110 valence electrons. The van der Waals surface area contributed by atoms with Gasteiger partial charge in [-0.2, -0.15) is 0 Å². The second-order valence-electron chi connectivity index (χ2n) is 4.58. The van der Waals surface area contributed by atoms with Crippen LogP contribution in [0.1, 0.15) is 25.7 Å². The summed E-state index contributed by atoms with van der Waals surface area (Å²) in [6.07, 6.45) is 1.45. The van der Waals surface area contributed by atoms with Crippen molar-refractivity contribution in [1.82, 2.24) is 4.90 Å². The molecule has 0 saturated heterocycles. The first-order chi connectivity index (χ1) is 9.59. The third kappa shape index (κ3) is 6.78. The lowest BCUT2D eigenvalue weighted by atomic mass is 10.2. The van der Waals surface area contributed by atoms with Crippen LogP contribution in [0.25, 0.3) is 0 Å². The zero-order chi connectivity index (χ0) is 14.8. The number of hydrogen-bond donors (Lipinski definition) is 1. The highest BCUT2D eigenvalue weighted by Gasteiger charge is 2.09. The molecule has 0 bridgehead atoms. The van der Waals surface area contributed by atoms with Gasteiger partial charge in [0.15, 0.2) is 0 Å². The molecule has 1 N–H and O–H groups in total. The maximum atomic E-state index is 11.7. The number of ether oxygens (including phenoxy) is 1. The van der Waals surface area contributed by atoms with E-state index in [0.717, 1.165) is 12.2 Å². The highest BCUT2D eigenvalue weighted by Crippen LogP contribution is 2.08. The van der Waals surface area contributed by atoms with E-state index in [1.54, 1.807) is 11.9 Å². The summed E-state index contributed by atoms with van der Waals surface area (Å²) in [4.78, 5) is 23.7. The van der Waals surface area contributed by atoms with Crippen LogP contribution in [-0.4, -0.2) is 42.1 Å². The molecule has 0 aliphatic carbocycles. The molecule has 0 saturated carbocycles. The molecular weight excluding hydrogens is 258 g/mol. The summed E-state index contributed by atoms with van der Waals surface area (Å²) in [6, 6.07) is 9.53. The van der Waals surface area contributed by atoms with Crippen molar-refractivity contribution in [2.24, 2.45) is 0 Å². The van der Waals surface area contributed by atoms with Crippen molar-refractivity contribution < 1.29 is 19.4 Å². The van der Waals surface area contributed by atoms with Crippen molar-refractivity contribution in [3.05, 3.63) is 30.3 Å². The van der Waals surface area contributed by atoms with Crippen molar-refractivity contribution in [2.75, 3.05) is 20.2 Å². The van der Waals surface area contributed by atoms with Crippen molar-refractivity contribution in [3.63, 3.8) is 0 Å². The number of amides is 1. The van der Waals surface area contributed by atoms with Gasteiger partial charge in [0, 0.05) is 26.4 Å². The Morgan fingerprint density at radius 1 is 1.15 bits per heavy atom. The number of rotatable bonds is 9. The van der Waals surface area contributed by atoms with Crippen LogP contribution >= 0.6 is 0 Å². The van der Waals surface area contributed by atoms with Crippen LogP contribution in [0.5, 0.6) is 5.75 Å². The third-order valence-corrected chi connectivity index (χ3v) is 2.86. The van der Waals surface area contributed by atoms with E-state index in [1.165, 1.54) is 0 Å². The molecule has 0 fully saturated rings. The second kappa shape index (κ2) is 8.96. The van der Waals surface area contributed by atoms with Gasteiger partial charge in [-0.25, -0.2) is 0 Å². The van der Waals surface area contributed by atoms with Gasteiger partial charge < -0.3 is 14.7 Å². The minimum absolute atomic E-state index is 0.0223. The molecule has 0 radical (unpaired) electrons. The quantitative estimate of drug-likeness (QED) is 0.703. The number of carbonyl (C=O) groups is 2. The number of hydrogen-bond acceptors (Lipinski definition) is 3. The monoisotopic (exact) mass is 279 g/mol. The van der Waals surface area contributed by atoms with Crippen LogP contribution < -0.4 is 4.74 Å². The van der Waals surface area contributed by atoms with E-state index in [2.05, 4.69) is 0 Å². The Hall–Kier alpha value is -2.04. The lowest BCUT2D eigenvalue weighted by Gasteiger charge is -2.17. The molecule has 0 spiro atoms. The largest absolute Gasteiger partial charge is 0.494 e. The number of benzene rings is 1. The van der Waals surface area contributed by atoms with Crippen molar-refractivity contribution in [2.45, 2.75) is 25.7 Å². The van der Waals surface area contributed by atoms with E-state index in [0.29, 0.717) is 19.6 Å². The van der Waals surface area contributed by atoms with Crippen LogP contribution in [0.4, 0.5) is 0 Å². The molecule has 1 rings (SSSR count). The van der Waals surface area contributed by atoms with Crippen LogP contribution in [0, 0.1) is 0 Å². The zero-order valence-corrected chi connectivity index (χ0v) is 11.7. The van der Waals surface area contributed by atoms with E-state index in [1.807, 2.05) is 30.3 Å². The summed E-state index contributed by atoms with van der Waals surface area (Å²) < 4.78 is 5.53. The average Bonchev–Trinajstić information content (AvgIpc) is 2.44. The average molecular weight is 279 g/mol. The number of para-hydroxylation sites is 1. The maximum Gasteiger partial charge on any atom is 0.303 e. The molecule has 0 aliphatic rings. The standard InChI is InChI=1S/C15H21NO4/c1-16(14(17)9-5-10-15(18)19)11-6-12-20-13-7-3-2-4-8-13/h2-4,7-8H,5-6,9-12H2,1H3,(H,18,19). The van der Waals surface area contributed by atoms with Gasteiger partial charge in [0.05, 0.1) is 6.61 Å². The lowest BCUT2D eigenvalue weighted by Crippen LogP contribution is -2.28. The van der Waals surface area contributed by atoms with Crippen LogP contribution in [0.2, 0.25) is 0 Å². The van der Waals surface area contributed by atoms with Crippen LogP contribution in [0.3, 0.4) is 0 Å². The maximum absolute atomic E-state index is 11.7. The van der Waals surface area contributed by atoms with Gasteiger partial charge in [-0.15, -0.1) is 0 Å². The third-order valence-electron chi connectivity index (χ3n) is 2.86. The Labute approximate surface area is 119 Å². The molecule has 0 aliphatic heterocycles. The summed E-state index contributed by atoms with van der Waals surface area (Å²) in [5.41, 5.74) is 0. The number of nitrogens with zero attached hydrogens (tertiary/aromatic N) is 1. The summed E-state index contributed by atoms with van der Waals surface area (Å²) in [5, 5.41) is 8.51. The van der Waals surface area contributed by atoms with Gasteiger partial charge in [-0.1, -0.05) is 18.2 Å². The van der Waals surface area contributed by atoms with Crippen molar-refractivity contribution >= 4 is 11.9 Å². The molecule has 5 nitrogen and oxygen atoms in total. The van der Waals surface area contributed by atoms with Gasteiger partial charge in [-0.05, 0) is 25.0 Å².